The van der Waals surface area contributed by atoms with E-state index in [2.05, 4.69) is 0 Å². The van der Waals surface area contributed by atoms with Crippen molar-refractivity contribution in [1.29, 1.82) is 0 Å². The van der Waals surface area contributed by atoms with E-state index in [0.29, 0.717) is 6.42 Å². The second-order valence-corrected chi connectivity index (χ2v) is 4.19. The minimum absolute atomic E-state index is 0.263. The number of thioether (sulfide) groups is 1. The molecule has 2 N–H and O–H groups in total. The molecule has 0 saturated carbocycles. The Hall–Kier alpha value is -1.00. The molecule has 1 atom stereocenters. The van der Waals surface area contributed by atoms with Crippen molar-refractivity contribution in [1.82, 2.24) is 0 Å². The van der Waals surface area contributed by atoms with E-state index in [-0.39, 0.29) is 5.97 Å². The highest BCUT2D eigenvalue weighted by Crippen LogP contribution is 2.36. The van der Waals surface area contributed by atoms with E-state index in [1.165, 1.54) is 11.8 Å². The Kier molecular flexibility index (Phi) is 2.25. The molecular weight excluding hydrogens is 198 g/mol. The van der Waals surface area contributed by atoms with Crippen LogP contribution in [0.4, 0.5) is 0 Å². The summed E-state index contributed by atoms with van der Waals surface area (Å²) in [6.45, 7) is 0. The van der Waals surface area contributed by atoms with Gasteiger partial charge in [0.05, 0.1) is 6.42 Å². The van der Waals surface area contributed by atoms with Crippen LogP contribution in [-0.4, -0.2) is 12.2 Å². The number of fused-ring (bicyclic) bond motifs is 1. The number of ether oxygens (including phenoxy) is 1. The Bertz CT molecular complexity index is 380. The summed E-state index contributed by atoms with van der Waals surface area (Å²) in [5.41, 5.74) is 7.83. The van der Waals surface area contributed by atoms with E-state index < -0.39 is 5.06 Å². The quantitative estimate of drug-likeness (QED) is 0.558. The van der Waals surface area contributed by atoms with Crippen LogP contribution < -0.4 is 5.73 Å². The average molecular weight is 209 g/mol. The number of rotatable bonds is 1. The number of benzene rings is 1. The van der Waals surface area contributed by atoms with E-state index in [1.54, 1.807) is 0 Å². The van der Waals surface area contributed by atoms with Crippen LogP contribution >= 0.6 is 11.8 Å². The first-order chi connectivity index (χ1) is 6.65. The van der Waals surface area contributed by atoms with E-state index in [4.69, 9.17) is 10.5 Å². The van der Waals surface area contributed by atoms with Crippen LogP contribution in [0.15, 0.2) is 24.3 Å². The Balaban J connectivity index is 2.54. The lowest BCUT2D eigenvalue weighted by molar-refractivity contribution is -0.153. The van der Waals surface area contributed by atoms with Crippen LogP contribution in [-0.2, 0) is 21.0 Å². The van der Waals surface area contributed by atoms with E-state index in [1.807, 2.05) is 30.5 Å². The molecule has 1 aromatic carbocycles. The maximum Gasteiger partial charge on any atom is 0.312 e. The van der Waals surface area contributed by atoms with Gasteiger partial charge in [0, 0.05) is 5.56 Å². The minimum Gasteiger partial charge on any atom is -0.430 e. The van der Waals surface area contributed by atoms with Gasteiger partial charge in [-0.3, -0.25) is 10.5 Å². The Labute approximate surface area is 86.6 Å². The van der Waals surface area contributed by atoms with Gasteiger partial charge < -0.3 is 4.74 Å². The summed E-state index contributed by atoms with van der Waals surface area (Å²) in [5, 5.41) is -1.01. The molecule has 1 aliphatic rings. The van der Waals surface area contributed by atoms with Crippen molar-refractivity contribution >= 4 is 17.7 Å². The number of cyclic esters (lactones) is 1. The van der Waals surface area contributed by atoms with Gasteiger partial charge in [0.1, 0.15) is 0 Å². The number of hydrogen-bond acceptors (Lipinski definition) is 4. The molecule has 1 aromatic rings. The topological polar surface area (TPSA) is 52.3 Å². The first-order valence-electron chi connectivity index (χ1n) is 4.30. The van der Waals surface area contributed by atoms with E-state index in [0.717, 1.165) is 11.1 Å². The van der Waals surface area contributed by atoms with Crippen LogP contribution in [0.5, 0.6) is 0 Å². The lowest BCUT2D eigenvalue weighted by Gasteiger charge is -2.33. The highest BCUT2D eigenvalue weighted by Gasteiger charge is 2.37. The highest BCUT2D eigenvalue weighted by molar-refractivity contribution is 7.99. The van der Waals surface area contributed by atoms with Crippen molar-refractivity contribution < 1.29 is 9.53 Å². The fourth-order valence-electron chi connectivity index (χ4n) is 1.58. The van der Waals surface area contributed by atoms with Crippen molar-refractivity contribution in [3.8, 4) is 0 Å². The summed E-state index contributed by atoms with van der Waals surface area (Å²) in [5.74, 6) is -0.263. The molecule has 0 spiro atoms. The maximum absolute atomic E-state index is 11.3. The van der Waals surface area contributed by atoms with Gasteiger partial charge in [0.25, 0.3) is 0 Å². The van der Waals surface area contributed by atoms with Crippen molar-refractivity contribution in [3.63, 3.8) is 0 Å². The lowest BCUT2D eigenvalue weighted by Crippen LogP contribution is -2.42. The average Bonchev–Trinajstić information content (AvgIpc) is 2.17. The van der Waals surface area contributed by atoms with Crippen LogP contribution in [0.2, 0.25) is 0 Å². The number of esters is 1. The molecule has 0 bridgehead atoms. The molecule has 0 radical (unpaired) electrons. The zero-order valence-corrected chi connectivity index (χ0v) is 8.64. The summed E-state index contributed by atoms with van der Waals surface area (Å²) in [6.07, 6.45) is 2.14. The van der Waals surface area contributed by atoms with Gasteiger partial charge in [0.15, 0.2) is 0 Å². The molecule has 14 heavy (non-hydrogen) atoms. The number of hydrogen-bond donors (Lipinski definition) is 1. The molecule has 3 nitrogen and oxygen atoms in total. The molecule has 1 heterocycles. The van der Waals surface area contributed by atoms with E-state index in [9.17, 15) is 4.79 Å². The largest absolute Gasteiger partial charge is 0.430 e. The molecule has 2 rings (SSSR count). The van der Waals surface area contributed by atoms with Gasteiger partial charge in [-0.15, -0.1) is 0 Å². The summed E-state index contributed by atoms with van der Waals surface area (Å²) in [4.78, 5) is 11.3. The van der Waals surface area contributed by atoms with Crippen molar-refractivity contribution in [3.05, 3.63) is 35.4 Å². The first kappa shape index (κ1) is 9.55. The van der Waals surface area contributed by atoms with Crippen molar-refractivity contribution in [2.45, 2.75) is 11.5 Å². The number of nitrogens with two attached hydrogens (primary N) is 1. The second kappa shape index (κ2) is 3.29. The fraction of sp³-hybridized carbons (Fsp3) is 0.300. The third kappa shape index (κ3) is 1.40. The summed E-state index contributed by atoms with van der Waals surface area (Å²) in [6, 6.07) is 7.61. The maximum atomic E-state index is 11.3. The monoisotopic (exact) mass is 209 g/mol. The standard InChI is InChI=1S/C10H11NO2S/c1-14-10(11)8-5-3-2-4-7(8)6-9(12)13-10/h2-5H,6,11H2,1H3. The predicted octanol–water partition coefficient (Wildman–Crippen LogP) is 1.22. The molecule has 4 heteroatoms. The second-order valence-electron chi connectivity index (χ2n) is 3.18. The first-order valence-corrected chi connectivity index (χ1v) is 5.52. The molecule has 0 aliphatic carbocycles. The number of carbonyl (C=O) groups is 1. The third-order valence-electron chi connectivity index (χ3n) is 2.30. The van der Waals surface area contributed by atoms with Crippen molar-refractivity contribution in [2.24, 2.45) is 5.73 Å². The smallest absolute Gasteiger partial charge is 0.312 e. The van der Waals surface area contributed by atoms with Crippen LogP contribution in [0.1, 0.15) is 11.1 Å². The molecule has 0 fully saturated rings. The van der Waals surface area contributed by atoms with Crippen LogP contribution in [0.3, 0.4) is 0 Å². The number of carbonyl (C=O) groups excluding carboxylic acids is 1. The molecule has 0 saturated heterocycles. The van der Waals surface area contributed by atoms with Crippen LogP contribution in [0, 0.1) is 0 Å². The van der Waals surface area contributed by atoms with Gasteiger partial charge in [0.2, 0.25) is 5.06 Å². The molecular formula is C10H11NO2S. The van der Waals surface area contributed by atoms with Gasteiger partial charge in [-0.2, -0.15) is 0 Å². The normalized spacial score (nSPS) is 25.4. The van der Waals surface area contributed by atoms with Crippen LogP contribution in [0.25, 0.3) is 0 Å². The Morgan fingerprint density at radius 2 is 2.21 bits per heavy atom. The summed E-state index contributed by atoms with van der Waals surface area (Å²) >= 11 is 1.33. The van der Waals surface area contributed by atoms with Gasteiger partial charge in [-0.1, -0.05) is 36.0 Å². The minimum atomic E-state index is -1.01. The molecule has 0 amide bonds. The highest BCUT2D eigenvalue weighted by atomic mass is 32.2. The summed E-state index contributed by atoms with van der Waals surface area (Å²) in [7, 11) is 0. The zero-order valence-electron chi connectivity index (χ0n) is 7.82. The predicted molar refractivity (Wildman–Crippen MR) is 55.6 cm³/mol. The summed E-state index contributed by atoms with van der Waals surface area (Å²) < 4.78 is 5.15. The molecule has 1 aliphatic heterocycles. The fourth-order valence-corrected chi connectivity index (χ4v) is 2.18. The molecule has 1 unspecified atom stereocenters. The third-order valence-corrected chi connectivity index (χ3v) is 3.21. The van der Waals surface area contributed by atoms with Crippen molar-refractivity contribution in [2.75, 3.05) is 6.26 Å². The molecule has 0 aromatic heterocycles. The Morgan fingerprint density at radius 1 is 1.50 bits per heavy atom. The van der Waals surface area contributed by atoms with Gasteiger partial charge in [-0.25, -0.2) is 0 Å². The van der Waals surface area contributed by atoms with Gasteiger partial charge >= 0.3 is 5.97 Å². The lowest BCUT2D eigenvalue weighted by atomic mass is 10.0. The molecule has 74 valence electrons. The Morgan fingerprint density at radius 3 is 2.93 bits per heavy atom. The van der Waals surface area contributed by atoms with Gasteiger partial charge in [-0.05, 0) is 11.8 Å². The SMILES string of the molecule is CSC1(N)OC(=O)Cc2ccccc21. The van der Waals surface area contributed by atoms with E-state index >= 15 is 0 Å². The zero-order chi connectivity index (χ0) is 10.2.